The fourth-order valence-electron chi connectivity index (χ4n) is 1.29. The highest BCUT2D eigenvalue weighted by molar-refractivity contribution is 5.82. The molecule has 0 saturated carbocycles. The summed E-state index contributed by atoms with van der Waals surface area (Å²) in [5.74, 6) is -0.285. The van der Waals surface area contributed by atoms with Gasteiger partial charge in [-0.2, -0.15) is 0 Å². The zero-order chi connectivity index (χ0) is 12.8. The smallest absolute Gasteiger partial charge is 0.330 e. The fraction of sp³-hybridized carbons (Fsp3) is 0.533. The van der Waals surface area contributed by atoms with Crippen molar-refractivity contribution in [3.8, 4) is 0 Å². The van der Waals surface area contributed by atoms with Crippen molar-refractivity contribution in [2.45, 2.75) is 46.0 Å². The van der Waals surface area contributed by atoms with Crippen LogP contribution in [0.5, 0.6) is 0 Å². The van der Waals surface area contributed by atoms with Crippen LogP contribution in [0, 0.1) is 0 Å². The summed E-state index contributed by atoms with van der Waals surface area (Å²) in [5.41, 5.74) is 0. The number of carbonyl (C=O) groups excluding carboxylic acids is 1. The highest BCUT2D eigenvalue weighted by atomic mass is 16.5. The van der Waals surface area contributed by atoms with E-state index in [4.69, 9.17) is 4.74 Å². The van der Waals surface area contributed by atoms with Crippen LogP contribution in [0.2, 0.25) is 0 Å². The molecule has 0 fully saturated rings. The van der Waals surface area contributed by atoms with Gasteiger partial charge in [-0.15, -0.1) is 0 Å². The first kappa shape index (κ1) is 15.7. The number of allylic oxidation sites excluding steroid dienone is 5. The second-order valence-corrected chi connectivity index (χ2v) is 3.74. The van der Waals surface area contributed by atoms with Crippen molar-refractivity contribution < 1.29 is 9.53 Å². The highest BCUT2D eigenvalue weighted by Crippen LogP contribution is 2.00. The van der Waals surface area contributed by atoms with Crippen LogP contribution in [0.15, 0.2) is 36.5 Å². The summed E-state index contributed by atoms with van der Waals surface area (Å²) in [6.07, 6.45) is 17.3. The van der Waals surface area contributed by atoms with Crippen molar-refractivity contribution in [1.82, 2.24) is 0 Å². The number of esters is 1. The second-order valence-electron chi connectivity index (χ2n) is 3.74. The van der Waals surface area contributed by atoms with Crippen LogP contribution in [0.4, 0.5) is 0 Å². The Hall–Kier alpha value is -1.31. The monoisotopic (exact) mass is 236 g/mol. The van der Waals surface area contributed by atoms with Gasteiger partial charge in [-0.1, -0.05) is 50.1 Å². The molecule has 0 bridgehead atoms. The average Bonchev–Trinajstić information content (AvgIpc) is 2.32. The van der Waals surface area contributed by atoms with Crippen LogP contribution in [-0.2, 0) is 9.53 Å². The lowest BCUT2D eigenvalue weighted by Crippen LogP contribution is -1.98. The first-order valence-electron chi connectivity index (χ1n) is 6.46. The van der Waals surface area contributed by atoms with Gasteiger partial charge in [0.05, 0.1) is 6.61 Å². The fourth-order valence-corrected chi connectivity index (χ4v) is 1.29. The number of unbranched alkanes of at least 4 members (excludes halogenated alkanes) is 3. The highest BCUT2D eigenvalue weighted by Gasteiger charge is 1.89. The van der Waals surface area contributed by atoms with Crippen LogP contribution < -0.4 is 0 Å². The van der Waals surface area contributed by atoms with Crippen molar-refractivity contribution in [3.05, 3.63) is 36.5 Å². The lowest BCUT2D eigenvalue weighted by Gasteiger charge is -1.92. The van der Waals surface area contributed by atoms with Crippen molar-refractivity contribution in [2.75, 3.05) is 6.61 Å². The van der Waals surface area contributed by atoms with Gasteiger partial charge >= 0.3 is 5.97 Å². The lowest BCUT2D eigenvalue weighted by molar-refractivity contribution is -0.137. The third-order valence-corrected chi connectivity index (χ3v) is 2.18. The van der Waals surface area contributed by atoms with Crippen molar-refractivity contribution in [2.24, 2.45) is 0 Å². The minimum Gasteiger partial charge on any atom is -0.463 e. The minimum absolute atomic E-state index is 0.285. The van der Waals surface area contributed by atoms with E-state index < -0.39 is 0 Å². The van der Waals surface area contributed by atoms with E-state index in [1.165, 1.54) is 31.8 Å². The third-order valence-electron chi connectivity index (χ3n) is 2.18. The van der Waals surface area contributed by atoms with Crippen molar-refractivity contribution in [1.29, 1.82) is 0 Å². The molecule has 0 atom stereocenters. The van der Waals surface area contributed by atoms with E-state index >= 15 is 0 Å². The summed E-state index contributed by atoms with van der Waals surface area (Å²) in [6, 6.07) is 0. The molecule has 0 aromatic rings. The van der Waals surface area contributed by atoms with Crippen molar-refractivity contribution in [3.63, 3.8) is 0 Å². The van der Waals surface area contributed by atoms with Gasteiger partial charge in [0.2, 0.25) is 0 Å². The molecule has 0 N–H and O–H groups in total. The molecule has 0 unspecified atom stereocenters. The molecule has 0 saturated heterocycles. The van der Waals surface area contributed by atoms with E-state index in [0.717, 1.165) is 6.42 Å². The van der Waals surface area contributed by atoms with E-state index in [1.54, 1.807) is 13.0 Å². The quantitative estimate of drug-likeness (QED) is 0.197. The van der Waals surface area contributed by atoms with Gasteiger partial charge in [0.15, 0.2) is 0 Å². The SMILES string of the molecule is CCCCCC=CCC=CC=CC(=O)OCC. The molecular weight excluding hydrogens is 212 g/mol. The topological polar surface area (TPSA) is 26.3 Å². The number of hydrogen-bond donors (Lipinski definition) is 0. The Labute approximate surface area is 105 Å². The maximum Gasteiger partial charge on any atom is 0.330 e. The summed E-state index contributed by atoms with van der Waals surface area (Å²) >= 11 is 0. The van der Waals surface area contributed by atoms with E-state index in [2.05, 4.69) is 19.1 Å². The third kappa shape index (κ3) is 12.6. The van der Waals surface area contributed by atoms with Crippen LogP contribution in [0.25, 0.3) is 0 Å². The average molecular weight is 236 g/mol. The Kier molecular flexibility index (Phi) is 11.8. The zero-order valence-electron chi connectivity index (χ0n) is 11.0. The maximum atomic E-state index is 10.9. The molecular formula is C15H24O2. The largest absolute Gasteiger partial charge is 0.463 e. The molecule has 0 aliphatic heterocycles. The molecule has 17 heavy (non-hydrogen) atoms. The molecule has 0 amide bonds. The number of hydrogen-bond acceptors (Lipinski definition) is 2. The summed E-state index contributed by atoms with van der Waals surface area (Å²) in [4.78, 5) is 10.9. The van der Waals surface area contributed by atoms with E-state index in [0.29, 0.717) is 6.61 Å². The summed E-state index contributed by atoms with van der Waals surface area (Å²) < 4.78 is 4.75. The molecule has 0 radical (unpaired) electrons. The molecule has 2 heteroatoms. The van der Waals surface area contributed by atoms with Gasteiger partial charge in [-0.05, 0) is 26.2 Å². The summed E-state index contributed by atoms with van der Waals surface area (Å²) in [5, 5.41) is 0. The normalized spacial score (nSPS) is 11.9. The Bertz CT molecular complexity index is 262. The predicted molar refractivity (Wildman–Crippen MR) is 72.8 cm³/mol. The van der Waals surface area contributed by atoms with Gasteiger partial charge in [0.25, 0.3) is 0 Å². The Morgan fingerprint density at radius 1 is 1.06 bits per heavy atom. The molecule has 0 aliphatic carbocycles. The molecule has 0 aromatic carbocycles. The number of rotatable bonds is 9. The molecule has 0 heterocycles. The molecule has 96 valence electrons. The van der Waals surface area contributed by atoms with Gasteiger partial charge in [-0.3, -0.25) is 0 Å². The van der Waals surface area contributed by atoms with E-state index in [9.17, 15) is 4.79 Å². The standard InChI is InChI=1S/C15H24O2/c1-3-5-6-7-8-9-10-11-12-13-14-15(16)17-4-2/h8-9,11-14H,3-7,10H2,1-2H3. The Morgan fingerprint density at radius 3 is 2.59 bits per heavy atom. The molecule has 2 nitrogen and oxygen atoms in total. The van der Waals surface area contributed by atoms with Gasteiger partial charge < -0.3 is 4.74 Å². The van der Waals surface area contributed by atoms with Crippen LogP contribution in [0.1, 0.15) is 46.0 Å². The minimum atomic E-state index is -0.285. The van der Waals surface area contributed by atoms with E-state index in [-0.39, 0.29) is 5.97 Å². The van der Waals surface area contributed by atoms with Gasteiger partial charge in [0, 0.05) is 6.08 Å². The predicted octanol–water partition coefficient (Wildman–Crippen LogP) is 4.19. The lowest BCUT2D eigenvalue weighted by atomic mass is 10.2. The molecule has 0 aromatic heterocycles. The van der Waals surface area contributed by atoms with E-state index in [1.807, 2.05) is 12.2 Å². The maximum absolute atomic E-state index is 10.9. The van der Waals surface area contributed by atoms with Gasteiger partial charge in [-0.25, -0.2) is 4.79 Å². The summed E-state index contributed by atoms with van der Waals surface area (Å²) in [7, 11) is 0. The molecule has 0 rings (SSSR count). The Morgan fingerprint density at radius 2 is 1.88 bits per heavy atom. The summed E-state index contributed by atoms with van der Waals surface area (Å²) in [6.45, 7) is 4.43. The molecule has 0 aliphatic rings. The van der Waals surface area contributed by atoms with Crippen molar-refractivity contribution >= 4 is 5.97 Å². The molecule has 0 spiro atoms. The second kappa shape index (κ2) is 12.8. The zero-order valence-corrected chi connectivity index (χ0v) is 11.0. The first-order chi connectivity index (χ1) is 8.31. The van der Waals surface area contributed by atoms with Crippen LogP contribution in [0.3, 0.4) is 0 Å². The first-order valence-corrected chi connectivity index (χ1v) is 6.46. The van der Waals surface area contributed by atoms with Gasteiger partial charge in [0.1, 0.15) is 0 Å². The number of carbonyl (C=O) groups is 1. The number of ether oxygens (including phenoxy) is 1. The van der Waals surface area contributed by atoms with Crippen LogP contribution >= 0.6 is 0 Å². The Balaban J connectivity index is 3.50. The van der Waals surface area contributed by atoms with Crippen LogP contribution in [-0.4, -0.2) is 12.6 Å².